The lowest BCUT2D eigenvalue weighted by atomic mass is 10.1. The molecule has 27 heavy (non-hydrogen) atoms. The summed E-state index contributed by atoms with van der Waals surface area (Å²) in [5, 5.41) is 8.69. The molecule has 0 aliphatic heterocycles. The second kappa shape index (κ2) is 8.10. The maximum absolute atomic E-state index is 5.92. The fourth-order valence-corrected chi connectivity index (χ4v) is 3.14. The van der Waals surface area contributed by atoms with Crippen molar-refractivity contribution in [3.8, 4) is 0 Å². The van der Waals surface area contributed by atoms with E-state index >= 15 is 0 Å². The van der Waals surface area contributed by atoms with Crippen molar-refractivity contribution in [2.75, 3.05) is 17.2 Å². The van der Waals surface area contributed by atoms with Crippen molar-refractivity contribution in [1.82, 2.24) is 15.0 Å². The van der Waals surface area contributed by atoms with Crippen LogP contribution in [0.2, 0.25) is 5.02 Å². The second-order valence-electron chi connectivity index (χ2n) is 6.30. The van der Waals surface area contributed by atoms with Crippen LogP contribution in [0.1, 0.15) is 11.1 Å². The van der Waals surface area contributed by atoms with Gasteiger partial charge in [0.2, 0.25) is 0 Å². The zero-order chi connectivity index (χ0) is 18.5. The lowest BCUT2D eigenvalue weighted by Crippen LogP contribution is -2.08. The summed E-state index contributed by atoms with van der Waals surface area (Å²) in [4.78, 5) is 11.9. The van der Waals surface area contributed by atoms with Crippen molar-refractivity contribution in [3.05, 3.63) is 83.3 Å². The number of benzene rings is 2. The number of anilines is 2. The molecule has 0 aliphatic carbocycles. The summed E-state index contributed by atoms with van der Waals surface area (Å²) < 4.78 is 0. The highest BCUT2D eigenvalue weighted by atomic mass is 35.5. The lowest BCUT2D eigenvalue weighted by Gasteiger charge is -2.09. The number of halogens is 1. The first-order valence-corrected chi connectivity index (χ1v) is 9.25. The largest absolute Gasteiger partial charge is 0.370 e. The molecule has 6 heteroatoms. The predicted octanol–water partition coefficient (Wildman–Crippen LogP) is 4.88. The van der Waals surface area contributed by atoms with E-state index in [1.807, 2.05) is 36.4 Å². The summed E-state index contributed by atoms with van der Waals surface area (Å²) in [5.41, 5.74) is 3.61. The molecule has 0 aliphatic rings. The molecular weight excluding hydrogens is 358 g/mol. The highest BCUT2D eigenvalue weighted by Crippen LogP contribution is 2.18. The van der Waals surface area contributed by atoms with E-state index in [9.17, 15) is 0 Å². The summed E-state index contributed by atoms with van der Waals surface area (Å²) in [6, 6.07) is 18.0. The van der Waals surface area contributed by atoms with Gasteiger partial charge in [-0.05, 0) is 35.7 Å². The Balaban J connectivity index is 1.33. The Bertz CT molecular complexity index is 1030. The van der Waals surface area contributed by atoms with Crippen LogP contribution < -0.4 is 10.6 Å². The Labute approximate surface area is 162 Å². The van der Waals surface area contributed by atoms with E-state index in [0.29, 0.717) is 6.54 Å². The Hall–Kier alpha value is -3.05. The minimum absolute atomic E-state index is 0.683. The molecule has 0 bridgehead atoms. The molecule has 0 amide bonds. The number of hydrogen-bond donors (Lipinski definition) is 3. The first-order valence-electron chi connectivity index (χ1n) is 8.87. The molecule has 0 spiro atoms. The number of fused-ring (bicyclic) bond motifs is 1. The molecule has 0 saturated carbocycles. The zero-order valence-corrected chi connectivity index (χ0v) is 15.5. The molecule has 0 radical (unpaired) electrons. The summed E-state index contributed by atoms with van der Waals surface area (Å²) in [6.45, 7) is 1.48. The van der Waals surface area contributed by atoms with E-state index in [-0.39, 0.29) is 0 Å². The molecule has 5 nitrogen and oxygen atoms in total. The number of aromatic nitrogens is 3. The molecule has 0 atom stereocenters. The van der Waals surface area contributed by atoms with E-state index in [1.165, 1.54) is 16.5 Å². The minimum atomic E-state index is 0.683. The minimum Gasteiger partial charge on any atom is -0.370 e. The van der Waals surface area contributed by atoms with Gasteiger partial charge in [0.05, 0.1) is 0 Å². The molecule has 4 aromatic rings. The SMILES string of the molecule is Clc1ccc(CNc2cc(NCCc3c[nH]c4ccccc34)ncn2)cc1. The molecule has 2 aromatic heterocycles. The Morgan fingerprint density at radius 1 is 0.926 bits per heavy atom. The Morgan fingerprint density at radius 2 is 1.70 bits per heavy atom. The van der Waals surface area contributed by atoms with Gasteiger partial charge in [0.1, 0.15) is 18.0 Å². The van der Waals surface area contributed by atoms with E-state index in [1.54, 1.807) is 6.33 Å². The van der Waals surface area contributed by atoms with Gasteiger partial charge in [-0.1, -0.05) is 41.9 Å². The first kappa shape index (κ1) is 17.4. The van der Waals surface area contributed by atoms with E-state index in [0.717, 1.165) is 35.2 Å². The number of aromatic amines is 1. The highest BCUT2D eigenvalue weighted by molar-refractivity contribution is 6.30. The third kappa shape index (κ3) is 4.38. The maximum Gasteiger partial charge on any atom is 0.131 e. The molecule has 136 valence electrons. The molecule has 0 saturated heterocycles. The quantitative estimate of drug-likeness (QED) is 0.429. The van der Waals surface area contributed by atoms with E-state index < -0.39 is 0 Å². The Morgan fingerprint density at radius 3 is 2.56 bits per heavy atom. The van der Waals surface area contributed by atoms with Crippen LogP contribution in [0.25, 0.3) is 10.9 Å². The molecule has 2 heterocycles. The standard InChI is InChI=1S/C21H20ClN5/c22-17-7-5-15(6-8-17)12-25-21-11-20(26-14-27-21)23-10-9-16-13-24-19-4-2-1-3-18(16)19/h1-8,11,13-14,24H,9-10,12H2,(H2,23,25,26,27). The molecule has 0 unspecified atom stereocenters. The summed E-state index contributed by atoms with van der Waals surface area (Å²) in [7, 11) is 0. The number of para-hydroxylation sites is 1. The number of nitrogens with zero attached hydrogens (tertiary/aromatic N) is 2. The zero-order valence-electron chi connectivity index (χ0n) is 14.7. The van der Waals surface area contributed by atoms with Crippen LogP contribution in [-0.4, -0.2) is 21.5 Å². The van der Waals surface area contributed by atoms with Crippen molar-refractivity contribution < 1.29 is 0 Å². The van der Waals surface area contributed by atoms with Gasteiger partial charge in [0.25, 0.3) is 0 Å². The fraction of sp³-hybridized carbons (Fsp3) is 0.143. The molecule has 2 aromatic carbocycles. The van der Waals surface area contributed by atoms with Crippen molar-refractivity contribution in [3.63, 3.8) is 0 Å². The monoisotopic (exact) mass is 377 g/mol. The number of hydrogen-bond acceptors (Lipinski definition) is 4. The summed E-state index contributed by atoms with van der Waals surface area (Å²) in [5.74, 6) is 1.60. The number of nitrogens with one attached hydrogen (secondary N) is 3. The van der Waals surface area contributed by atoms with Crippen molar-refractivity contribution in [1.29, 1.82) is 0 Å². The van der Waals surface area contributed by atoms with Crippen LogP contribution in [0.3, 0.4) is 0 Å². The van der Waals surface area contributed by atoms with Gasteiger partial charge in [-0.25, -0.2) is 9.97 Å². The topological polar surface area (TPSA) is 65.6 Å². The van der Waals surface area contributed by atoms with Crippen molar-refractivity contribution >= 4 is 34.1 Å². The lowest BCUT2D eigenvalue weighted by molar-refractivity contribution is 1.00. The van der Waals surface area contributed by atoms with Crippen LogP contribution in [0.4, 0.5) is 11.6 Å². The molecule has 3 N–H and O–H groups in total. The van der Waals surface area contributed by atoms with Gasteiger partial charge in [0, 0.05) is 41.3 Å². The fourth-order valence-electron chi connectivity index (χ4n) is 3.01. The van der Waals surface area contributed by atoms with Crippen LogP contribution in [-0.2, 0) is 13.0 Å². The maximum atomic E-state index is 5.92. The smallest absolute Gasteiger partial charge is 0.131 e. The second-order valence-corrected chi connectivity index (χ2v) is 6.74. The van der Waals surface area contributed by atoms with Crippen LogP contribution >= 0.6 is 11.6 Å². The summed E-state index contributed by atoms with van der Waals surface area (Å²) >= 11 is 5.92. The Kier molecular flexibility index (Phi) is 5.21. The molecular formula is C21H20ClN5. The van der Waals surface area contributed by atoms with E-state index in [2.05, 4.69) is 50.0 Å². The van der Waals surface area contributed by atoms with Crippen molar-refractivity contribution in [2.24, 2.45) is 0 Å². The predicted molar refractivity (Wildman–Crippen MR) is 111 cm³/mol. The van der Waals surface area contributed by atoms with Gasteiger partial charge >= 0.3 is 0 Å². The van der Waals surface area contributed by atoms with Crippen LogP contribution in [0.15, 0.2) is 67.1 Å². The van der Waals surface area contributed by atoms with Gasteiger partial charge in [-0.15, -0.1) is 0 Å². The van der Waals surface area contributed by atoms with E-state index in [4.69, 9.17) is 11.6 Å². The van der Waals surface area contributed by atoms with Crippen LogP contribution in [0, 0.1) is 0 Å². The van der Waals surface area contributed by atoms with Gasteiger partial charge in [0.15, 0.2) is 0 Å². The van der Waals surface area contributed by atoms with Gasteiger partial charge in [-0.2, -0.15) is 0 Å². The highest BCUT2D eigenvalue weighted by Gasteiger charge is 2.03. The number of rotatable bonds is 7. The molecule has 0 fully saturated rings. The molecule has 4 rings (SSSR count). The van der Waals surface area contributed by atoms with Crippen molar-refractivity contribution in [2.45, 2.75) is 13.0 Å². The number of H-pyrrole nitrogens is 1. The first-order chi connectivity index (χ1) is 13.3. The summed E-state index contributed by atoms with van der Waals surface area (Å²) in [6.07, 6.45) is 4.56. The van der Waals surface area contributed by atoms with Crippen LogP contribution in [0.5, 0.6) is 0 Å². The average molecular weight is 378 g/mol. The van der Waals surface area contributed by atoms with Gasteiger partial charge < -0.3 is 15.6 Å². The van der Waals surface area contributed by atoms with Gasteiger partial charge in [-0.3, -0.25) is 0 Å². The average Bonchev–Trinajstić information content (AvgIpc) is 3.11. The third-order valence-corrected chi connectivity index (χ3v) is 4.68. The normalized spacial score (nSPS) is 10.9. The third-order valence-electron chi connectivity index (χ3n) is 4.43.